The van der Waals surface area contributed by atoms with Gasteiger partial charge in [0, 0.05) is 25.0 Å². The minimum Gasteiger partial charge on any atom is -0.342 e. The van der Waals surface area contributed by atoms with Crippen molar-refractivity contribution in [2.24, 2.45) is 0 Å². The third-order valence-electron chi connectivity index (χ3n) is 4.54. The van der Waals surface area contributed by atoms with Gasteiger partial charge in [0.1, 0.15) is 0 Å². The number of carbonyl (C=O) groups is 2. The Balaban J connectivity index is 2.04. The smallest absolute Gasteiger partial charge is 0.264 e. The summed E-state index contributed by atoms with van der Waals surface area (Å²) < 4.78 is 0. The van der Waals surface area contributed by atoms with E-state index in [0.717, 1.165) is 17.7 Å². The topological polar surface area (TPSA) is 40.6 Å². The number of fused-ring (bicyclic) bond motifs is 1. The van der Waals surface area contributed by atoms with Crippen molar-refractivity contribution in [2.45, 2.75) is 52.4 Å². The molecule has 0 bridgehead atoms. The van der Waals surface area contributed by atoms with Crippen LogP contribution in [-0.4, -0.2) is 48.3 Å². The van der Waals surface area contributed by atoms with Crippen LogP contribution in [0.3, 0.4) is 0 Å². The lowest BCUT2D eigenvalue weighted by Crippen LogP contribution is -2.40. The first-order chi connectivity index (χ1) is 11.1. The Hall–Kier alpha value is -1.36. The zero-order chi connectivity index (χ0) is 16.8. The van der Waals surface area contributed by atoms with Gasteiger partial charge >= 0.3 is 0 Å². The van der Waals surface area contributed by atoms with Crippen molar-refractivity contribution >= 4 is 23.2 Å². The summed E-state index contributed by atoms with van der Waals surface area (Å²) in [5.74, 6) is -0.0111. The lowest BCUT2D eigenvalue weighted by Gasteiger charge is -2.22. The molecule has 0 saturated heterocycles. The maximum absolute atomic E-state index is 12.6. The van der Waals surface area contributed by atoms with Crippen molar-refractivity contribution in [3.8, 4) is 0 Å². The first-order valence-electron chi connectivity index (χ1n) is 8.71. The first kappa shape index (κ1) is 18.0. The van der Waals surface area contributed by atoms with Gasteiger partial charge in [0.2, 0.25) is 5.91 Å². The minimum atomic E-state index is -0.0257. The predicted molar refractivity (Wildman–Crippen MR) is 95.1 cm³/mol. The van der Waals surface area contributed by atoms with E-state index in [2.05, 4.69) is 6.07 Å². The molecule has 0 unspecified atom stereocenters. The molecule has 0 spiro atoms. The Kier molecular flexibility index (Phi) is 6.63. The second-order valence-corrected chi connectivity index (χ2v) is 7.34. The Morgan fingerprint density at radius 1 is 1.09 bits per heavy atom. The zero-order valence-corrected chi connectivity index (χ0v) is 15.4. The lowest BCUT2D eigenvalue weighted by atomic mass is 10.00. The van der Waals surface area contributed by atoms with Gasteiger partial charge < -0.3 is 9.80 Å². The molecule has 1 aromatic heterocycles. The summed E-state index contributed by atoms with van der Waals surface area (Å²) in [6, 6.07) is 2.06. The van der Waals surface area contributed by atoms with E-state index in [0.29, 0.717) is 13.1 Å². The van der Waals surface area contributed by atoms with Crippen molar-refractivity contribution in [1.82, 2.24) is 9.80 Å². The molecule has 128 valence electrons. The van der Waals surface area contributed by atoms with Gasteiger partial charge in [0.25, 0.3) is 5.91 Å². The second kappa shape index (κ2) is 8.48. The number of hydrogen-bond acceptors (Lipinski definition) is 3. The molecule has 23 heavy (non-hydrogen) atoms. The molecule has 0 aliphatic heterocycles. The van der Waals surface area contributed by atoms with E-state index in [4.69, 9.17) is 0 Å². The molecule has 5 heteroatoms. The van der Waals surface area contributed by atoms with Gasteiger partial charge in [-0.25, -0.2) is 0 Å². The average Bonchev–Trinajstić information content (AvgIpc) is 2.89. The standard InChI is InChI=1S/C18H28N2O2S/c1-4-20(5-2)17(21)13-19(3)18(22)16-12-14-10-8-6-7-9-11-15(14)23-16/h12H,4-11,13H2,1-3H3. The molecule has 0 saturated carbocycles. The van der Waals surface area contributed by atoms with E-state index in [1.165, 1.54) is 36.1 Å². The Bertz CT molecular complexity index is 524. The Morgan fingerprint density at radius 3 is 2.39 bits per heavy atom. The van der Waals surface area contributed by atoms with Crippen molar-refractivity contribution in [1.29, 1.82) is 0 Å². The van der Waals surface area contributed by atoms with Crippen LogP contribution in [-0.2, 0) is 17.6 Å². The van der Waals surface area contributed by atoms with Crippen molar-refractivity contribution in [3.63, 3.8) is 0 Å². The predicted octanol–water partition coefficient (Wildman–Crippen LogP) is 3.35. The van der Waals surface area contributed by atoms with E-state index in [-0.39, 0.29) is 18.4 Å². The highest BCUT2D eigenvalue weighted by molar-refractivity contribution is 7.14. The number of carbonyl (C=O) groups excluding carboxylic acids is 2. The normalized spacial score (nSPS) is 14.6. The van der Waals surface area contributed by atoms with Crippen LogP contribution < -0.4 is 0 Å². The van der Waals surface area contributed by atoms with E-state index in [9.17, 15) is 9.59 Å². The largest absolute Gasteiger partial charge is 0.342 e. The molecule has 1 aromatic rings. The van der Waals surface area contributed by atoms with Crippen LogP contribution in [0, 0.1) is 0 Å². The van der Waals surface area contributed by atoms with Gasteiger partial charge in [-0.05, 0) is 51.2 Å². The van der Waals surface area contributed by atoms with Gasteiger partial charge in [-0.2, -0.15) is 0 Å². The number of amides is 2. The molecule has 1 heterocycles. The van der Waals surface area contributed by atoms with Crippen LogP contribution >= 0.6 is 11.3 Å². The van der Waals surface area contributed by atoms with Gasteiger partial charge in [-0.1, -0.05) is 12.8 Å². The van der Waals surface area contributed by atoms with E-state index >= 15 is 0 Å². The fraction of sp³-hybridized carbons (Fsp3) is 0.667. The summed E-state index contributed by atoms with van der Waals surface area (Å²) in [5, 5.41) is 0. The molecule has 0 N–H and O–H groups in total. The number of hydrogen-bond donors (Lipinski definition) is 0. The molecule has 2 rings (SSSR count). The van der Waals surface area contributed by atoms with Crippen molar-refractivity contribution in [2.75, 3.05) is 26.7 Å². The SMILES string of the molecule is CCN(CC)C(=O)CN(C)C(=O)c1cc2c(s1)CCCCCC2. The second-order valence-electron chi connectivity index (χ2n) is 6.20. The molecular formula is C18H28N2O2S. The summed E-state index contributed by atoms with van der Waals surface area (Å²) in [6.07, 6.45) is 7.19. The van der Waals surface area contributed by atoms with Crippen LogP contribution in [0.15, 0.2) is 6.07 Å². The zero-order valence-electron chi connectivity index (χ0n) is 14.6. The lowest BCUT2D eigenvalue weighted by molar-refractivity contribution is -0.131. The van der Waals surface area contributed by atoms with Gasteiger partial charge in [-0.3, -0.25) is 9.59 Å². The Morgan fingerprint density at radius 2 is 1.74 bits per heavy atom. The summed E-state index contributed by atoms with van der Waals surface area (Å²) in [7, 11) is 1.72. The molecular weight excluding hydrogens is 308 g/mol. The van der Waals surface area contributed by atoms with Crippen LogP contribution in [0.2, 0.25) is 0 Å². The minimum absolute atomic E-state index is 0.0146. The fourth-order valence-corrected chi connectivity index (χ4v) is 4.34. The van der Waals surface area contributed by atoms with Crippen LogP contribution in [0.4, 0.5) is 0 Å². The Labute approximate surface area is 143 Å². The van der Waals surface area contributed by atoms with Crippen LogP contribution in [0.1, 0.15) is 59.6 Å². The molecule has 1 aliphatic rings. The molecule has 2 amide bonds. The number of aryl methyl sites for hydroxylation is 2. The van der Waals surface area contributed by atoms with E-state index in [1.807, 2.05) is 13.8 Å². The highest BCUT2D eigenvalue weighted by atomic mass is 32.1. The summed E-state index contributed by atoms with van der Waals surface area (Å²) >= 11 is 1.63. The van der Waals surface area contributed by atoms with Crippen molar-refractivity contribution in [3.05, 3.63) is 21.4 Å². The quantitative estimate of drug-likeness (QED) is 0.827. The maximum atomic E-state index is 12.6. The van der Waals surface area contributed by atoms with Gasteiger partial charge in [-0.15, -0.1) is 11.3 Å². The van der Waals surface area contributed by atoms with E-state index < -0.39 is 0 Å². The highest BCUT2D eigenvalue weighted by Crippen LogP contribution is 2.29. The van der Waals surface area contributed by atoms with Crippen LogP contribution in [0.5, 0.6) is 0 Å². The molecule has 0 fully saturated rings. The third-order valence-corrected chi connectivity index (χ3v) is 5.77. The maximum Gasteiger partial charge on any atom is 0.264 e. The van der Waals surface area contributed by atoms with Gasteiger partial charge in [0.15, 0.2) is 0 Å². The first-order valence-corrected chi connectivity index (χ1v) is 9.53. The number of thiophene rings is 1. The molecule has 0 atom stereocenters. The number of nitrogens with zero attached hydrogens (tertiary/aromatic N) is 2. The van der Waals surface area contributed by atoms with Crippen LogP contribution in [0.25, 0.3) is 0 Å². The summed E-state index contributed by atoms with van der Waals surface area (Å²) in [6.45, 7) is 5.45. The third kappa shape index (κ3) is 4.56. The molecule has 1 aliphatic carbocycles. The molecule has 0 aromatic carbocycles. The highest BCUT2D eigenvalue weighted by Gasteiger charge is 2.21. The molecule has 4 nitrogen and oxygen atoms in total. The van der Waals surface area contributed by atoms with Gasteiger partial charge in [0.05, 0.1) is 11.4 Å². The number of rotatable bonds is 5. The fourth-order valence-electron chi connectivity index (χ4n) is 3.09. The monoisotopic (exact) mass is 336 g/mol. The average molecular weight is 337 g/mol. The number of likely N-dealkylation sites (N-methyl/N-ethyl adjacent to an activating group) is 2. The summed E-state index contributed by atoms with van der Waals surface area (Å²) in [4.78, 5) is 30.3. The van der Waals surface area contributed by atoms with E-state index in [1.54, 1.807) is 28.2 Å². The van der Waals surface area contributed by atoms with Crippen molar-refractivity contribution < 1.29 is 9.59 Å². The molecule has 0 radical (unpaired) electrons. The summed E-state index contributed by atoms with van der Waals surface area (Å²) in [5.41, 5.74) is 1.35.